The van der Waals surface area contributed by atoms with Gasteiger partial charge in [-0.05, 0) is 31.5 Å². The van der Waals surface area contributed by atoms with Gasteiger partial charge in [0.25, 0.3) is 5.91 Å². The van der Waals surface area contributed by atoms with Crippen molar-refractivity contribution in [3.05, 3.63) is 18.2 Å². The van der Waals surface area contributed by atoms with Crippen LogP contribution in [-0.4, -0.2) is 31.1 Å². The molecular weight excluding hydrogens is 497 g/mol. The molecule has 37 heavy (non-hydrogen) atoms. The van der Waals surface area contributed by atoms with E-state index in [0.29, 0.717) is 23.6 Å². The average Bonchev–Trinajstić information content (AvgIpc) is 3.18. The summed E-state index contributed by atoms with van der Waals surface area (Å²) in [6, 6.07) is 4.21. The number of nitrogens with zero attached hydrogens (tertiary/aromatic N) is 2. The number of carbonyl (C=O) groups is 1. The maximum absolute atomic E-state index is 12.1. The fraction of sp³-hybridized carbons (Fsp3) is 0.714. The normalized spacial score (nSPS) is 13.5. The van der Waals surface area contributed by atoms with Gasteiger partial charge in [0.05, 0.1) is 17.0 Å². The van der Waals surface area contributed by atoms with Crippen LogP contribution in [0, 0.1) is 0 Å². The second-order valence-corrected chi connectivity index (χ2v) is 11.5. The third kappa shape index (κ3) is 14.1. The minimum absolute atomic E-state index is 0. The first-order valence-corrected chi connectivity index (χ1v) is 15.4. The van der Waals surface area contributed by atoms with Crippen LogP contribution in [0.15, 0.2) is 28.2 Å². The van der Waals surface area contributed by atoms with Crippen LogP contribution in [-0.2, 0) is 14.9 Å². The van der Waals surface area contributed by atoms with Crippen molar-refractivity contribution >= 4 is 33.1 Å². The van der Waals surface area contributed by atoms with Gasteiger partial charge in [-0.2, -0.15) is 5.10 Å². The molecule has 0 aliphatic carbocycles. The summed E-state index contributed by atoms with van der Waals surface area (Å²) >= 11 is 0. The topological polar surface area (TPSA) is 102 Å². The van der Waals surface area contributed by atoms with Gasteiger partial charge in [-0.3, -0.25) is 4.79 Å². The molecule has 7 nitrogen and oxygen atoms in total. The van der Waals surface area contributed by atoms with E-state index >= 15 is 0 Å². The zero-order chi connectivity index (χ0) is 26.2. The van der Waals surface area contributed by atoms with E-state index < -0.39 is 10.1 Å². The van der Waals surface area contributed by atoms with Crippen LogP contribution in [0.3, 0.4) is 0 Å². The van der Waals surface area contributed by atoms with Gasteiger partial charge in [0.15, 0.2) is 0 Å². The van der Waals surface area contributed by atoms with E-state index in [4.69, 9.17) is 0 Å². The largest absolute Gasteiger partial charge is 1.00 e. The number of nitrogens with one attached hydrogen (secondary N) is 1. The van der Waals surface area contributed by atoms with Crippen LogP contribution < -0.4 is 39.9 Å². The van der Waals surface area contributed by atoms with Crippen LogP contribution >= 0.6 is 0 Å². The molecule has 0 fully saturated rings. The van der Waals surface area contributed by atoms with E-state index in [0.717, 1.165) is 12.8 Å². The molecule has 1 amide bonds. The quantitative estimate of drug-likeness (QED) is 0.149. The van der Waals surface area contributed by atoms with Crippen molar-refractivity contribution in [2.45, 2.75) is 128 Å². The van der Waals surface area contributed by atoms with E-state index in [9.17, 15) is 17.8 Å². The molecule has 1 aliphatic heterocycles. The van der Waals surface area contributed by atoms with Crippen molar-refractivity contribution in [3.8, 4) is 0 Å². The number of hydrogen-bond acceptors (Lipinski definition) is 6. The van der Waals surface area contributed by atoms with Crippen molar-refractivity contribution < 1.29 is 47.3 Å². The van der Waals surface area contributed by atoms with Crippen LogP contribution in [0.2, 0.25) is 0 Å². The SMILES string of the molecule is CCCCCCCCCCCCCCCCCCNc1cc(N2N=C(C)CC2=O)cc(S(=O)(=O)[O-])c1.[Na+]. The maximum atomic E-state index is 12.1. The number of benzene rings is 1. The molecule has 0 unspecified atom stereocenters. The van der Waals surface area contributed by atoms with E-state index in [1.165, 1.54) is 107 Å². The first-order chi connectivity index (χ1) is 17.3. The fourth-order valence-corrected chi connectivity index (χ4v) is 5.15. The van der Waals surface area contributed by atoms with Crippen molar-refractivity contribution in [1.82, 2.24) is 0 Å². The van der Waals surface area contributed by atoms with E-state index in [1.54, 1.807) is 13.0 Å². The number of anilines is 2. The van der Waals surface area contributed by atoms with Crippen molar-refractivity contribution in [1.29, 1.82) is 0 Å². The van der Waals surface area contributed by atoms with Gasteiger partial charge in [0.1, 0.15) is 10.1 Å². The van der Waals surface area contributed by atoms with Crippen LogP contribution in [0.25, 0.3) is 0 Å². The molecule has 1 aliphatic rings. The Hall–Kier alpha value is -0.930. The molecule has 1 N–H and O–H groups in total. The molecule has 0 radical (unpaired) electrons. The molecule has 1 heterocycles. The molecular formula is C28H46N3NaO4S. The third-order valence-electron chi connectivity index (χ3n) is 6.70. The van der Waals surface area contributed by atoms with Crippen LogP contribution in [0.5, 0.6) is 0 Å². The molecule has 0 spiro atoms. The fourth-order valence-electron chi connectivity index (χ4n) is 4.62. The Morgan fingerprint density at radius 3 is 1.76 bits per heavy atom. The number of carbonyl (C=O) groups excluding carboxylic acids is 1. The van der Waals surface area contributed by atoms with Gasteiger partial charge in [0.2, 0.25) is 0 Å². The molecule has 2 rings (SSSR count). The summed E-state index contributed by atoms with van der Waals surface area (Å²) in [5.41, 5.74) is 1.46. The zero-order valence-electron chi connectivity index (χ0n) is 23.4. The number of amides is 1. The molecule has 204 valence electrons. The molecule has 0 saturated carbocycles. The number of hydrazone groups is 1. The molecule has 9 heteroatoms. The van der Waals surface area contributed by atoms with Gasteiger partial charge in [0, 0.05) is 17.9 Å². The first kappa shape index (κ1) is 34.1. The molecule has 1 aromatic rings. The Morgan fingerprint density at radius 1 is 0.838 bits per heavy atom. The van der Waals surface area contributed by atoms with Crippen molar-refractivity contribution in [3.63, 3.8) is 0 Å². The van der Waals surface area contributed by atoms with Gasteiger partial charge >= 0.3 is 29.6 Å². The average molecular weight is 544 g/mol. The van der Waals surface area contributed by atoms with Gasteiger partial charge in [-0.1, -0.05) is 103 Å². The Kier molecular flexibility index (Phi) is 17.7. The predicted octanol–water partition coefficient (Wildman–Crippen LogP) is 4.38. The van der Waals surface area contributed by atoms with Crippen LogP contribution in [0.1, 0.15) is 123 Å². The van der Waals surface area contributed by atoms with Gasteiger partial charge in [-0.15, -0.1) is 0 Å². The summed E-state index contributed by atoms with van der Waals surface area (Å²) in [5, 5.41) is 8.54. The first-order valence-electron chi connectivity index (χ1n) is 14.0. The molecule has 0 aromatic heterocycles. The van der Waals surface area contributed by atoms with Crippen molar-refractivity contribution in [2.24, 2.45) is 5.10 Å². The Morgan fingerprint density at radius 2 is 1.32 bits per heavy atom. The molecule has 0 bridgehead atoms. The van der Waals surface area contributed by atoms with Gasteiger partial charge < -0.3 is 9.87 Å². The minimum atomic E-state index is -4.65. The number of rotatable bonds is 20. The second kappa shape index (κ2) is 19.2. The number of unbranched alkanes of at least 4 members (excludes halogenated alkanes) is 15. The molecule has 1 aromatic carbocycles. The summed E-state index contributed by atoms with van der Waals surface area (Å²) in [7, 11) is -4.65. The van der Waals surface area contributed by atoms with Crippen LogP contribution in [0.4, 0.5) is 11.4 Å². The van der Waals surface area contributed by atoms with Crippen molar-refractivity contribution in [2.75, 3.05) is 16.9 Å². The molecule has 0 atom stereocenters. The summed E-state index contributed by atoms with van der Waals surface area (Å²) in [6.45, 7) is 4.68. The summed E-state index contributed by atoms with van der Waals surface area (Å²) in [4.78, 5) is 11.8. The van der Waals surface area contributed by atoms with E-state index in [2.05, 4.69) is 17.3 Å². The smallest absolute Gasteiger partial charge is 0.744 e. The predicted molar refractivity (Wildman–Crippen MR) is 148 cm³/mol. The monoisotopic (exact) mass is 543 g/mol. The van der Waals surface area contributed by atoms with E-state index in [-0.39, 0.29) is 46.8 Å². The Labute approximate surface area is 247 Å². The van der Waals surface area contributed by atoms with E-state index in [1.807, 2.05) is 0 Å². The zero-order valence-corrected chi connectivity index (χ0v) is 26.2. The third-order valence-corrected chi connectivity index (χ3v) is 7.51. The number of hydrogen-bond donors (Lipinski definition) is 1. The molecule has 0 saturated heterocycles. The second-order valence-electron chi connectivity index (χ2n) is 10.1. The standard InChI is InChI=1S/C28H47N3O4S.Na/c1-3-4-5-6-7-8-9-10-11-12-13-14-15-16-17-18-19-29-25-21-26(23-27(22-25)36(33,34)35)31-28(32)20-24(2)30-31;/h21-23,29H,3-20H2,1-2H3,(H,33,34,35);/q;+1/p-1. The summed E-state index contributed by atoms with van der Waals surface area (Å²) < 4.78 is 34.8. The van der Waals surface area contributed by atoms with Gasteiger partial charge in [-0.25, -0.2) is 13.4 Å². The maximum Gasteiger partial charge on any atom is 1.00 e. The Bertz CT molecular complexity index is 937. The summed E-state index contributed by atoms with van der Waals surface area (Å²) in [6.07, 6.45) is 21.1. The Balaban J connectivity index is 0.00000684. The minimum Gasteiger partial charge on any atom is -0.744 e. The summed E-state index contributed by atoms with van der Waals surface area (Å²) in [5.74, 6) is -0.239.